The number of carbonyl (C=O) groups is 1. The van der Waals surface area contributed by atoms with E-state index in [4.69, 9.17) is 0 Å². The maximum atomic E-state index is 13.1. The predicted molar refractivity (Wildman–Crippen MR) is 67.3 cm³/mol. The zero-order valence-electron chi connectivity index (χ0n) is 10.9. The lowest BCUT2D eigenvalue weighted by Crippen LogP contribution is -2.15. The third kappa shape index (κ3) is 3.39. The van der Waals surface area contributed by atoms with Gasteiger partial charge in [0.2, 0.25) is 0 Å². The van der Waals surface area contributed by atoms with E-state index in [1.165, 1.54) is 0 Å². The van der Waals surface area contributed by atoms with Gasteiger partial charge < -0.3 is 5.32 Å². The number of aromatic nitrogens is 2. The molecule has 1 aromatic carbocycles. The molecule has 2 aromatic rings. The van der Waals surface area contributed by atoms with Crippen LogP contribution in [0, 0.1) is 5.82 Å². The second kappa shape index (κ2) is 5.55. The summed E-state index contributed by atoms with van der Waals surface area (Å²) < 4.78 is 50.9. The van der Waals surface area contributed by atoms with Crippen LogP contribution in [0.15, 0.2) is 24.3 Å². The van der Waals surface area contributed by atoms with Crippen molar-refractivity contribution < 1.29 is 22.4 Å². The molecule has 112 valence electrons. The Morgan fingerprint density at radius 1 is 1.33 bits per heavy atom. The van der Waals surface area contributed by atoms with Gasteiger partial charge in [0.1, 0.15) is 5.82 Å². The van der Waals surface area contributed by atoms with Gasteiger partial charge in [0.05, 0.1) is 5.56 Å². The van der Waals surface area contributed by atoms with Crippen molar-refractivity contribution in [1.82, 2.24) is 10.2 Å². The van der Waals surface area contributed by atoms with E-state index in [-0.39, 0.29) is 11.4 Å². The molecule has 2 N–H and O–H groups in total. The van der Waals surface area contributed by atoms with Crippen LogP contribution in [-0.2, 0) is 12.6 Å². The molecule has 0 fully saturated rings. The number of nitrogens with one attached hydrogen (secondary N) is 2. The fraction of sp³-hybridized carbons (Fsp3) is 0.231. The number of hydrogen-bond donors (Lipinski definition) is 2. The van der Waals surface area contributed by atoms with Gasteiger partial charge in [-0.1, -0.05) is 6.92 Å². The van der Waals surface area contributed by atoms with Crippen LogP contribution in [0.25, 0.3) is 0 Å². The van der Waals surface area contributed by atoms with E-state index < -0.39 is 23.5 Å². The van der Waals surface area contributed by atoms with Crippen molar-refractivity contribution in [2.75, 3.05) is 5.32 Å². The molecule has 0 atom stereocenters. The van der Waals surface area contributed by atoms with Crippen molar-refractivity contribution in [2.45, 2.75) is 19.5 Å². The van der Waals surface area contributed by atoms with Gasteiger partial charge in [0.25, 0.3) is 5.91 Å². The van der Waals surface area contributed by atoms with Crippen molar-refractivity contribution in [1.29, 1.82) is 0 Å². The minimum absolute atomic E-state index is 0.190. The summed E-state index contributed by atoms with van der Waals surface area (Å²) in [6.07, 6.45) is -4.19. The molecular formula is C13H11F4N3O. The third-order valence-corrected chi connectivity index (χ3v) is 2.79. The Hall–Kier alpha value is -2.38. The second-order valence-electron chi connectivity index (χ2n) is 4.28. The number of anilines is 1. The number of aromatic amines is 1. The first kappa shape index (κ1) is 15.0. The van der Waals surface area contributed by atoms with Crippen molar-refractivity contribution in [3.05, 3.63) is 46.9 Å². The number of rotatable bonds is 3. The molecule has 0 saturated heterocycles. The highest BCUT2D eigenvalue weighted by atomic mass is 19.4. The zero-order chi connectivity index (χ0) is 15.6. The summed E-state index contributed by atoms with van der Waals surface area (Å²) in [5, 5.41) is 8.78. The molecule has 0 spiro atoms. The maximum absolute atomic E-state index is 13.1. The number of halogens is 4. The first-order valence-corrected chi connectivity index (χ1v) is 6.03. The number of aryl methyl sites for hydroxylation is 1. The molecule has 21 heavy (non-hydrogen) atoms. The molecule has 0 bridgehead atoms. The van der Waals surface area contributed by atoms with Crippen LogP contribution < -0.4 is 5.32 Å². The second-order valence-corrected chi connectivity index (χ2v) is 4.28. The van der Waals surface area contributed by atoms with E-state index in [0.29, 0.717) is 18.6 Å². The summed E-state index contributed by atoms with van der Waals surface area (Å²) in [5.74, 6) is -2.03. The number of nitrogens with zero attached hydrogens (tertiary/aromatic N) is 1. The summed E-state index contributed by atoms with van der Waals surface area (Å²) in [6, 6.07) is 3.62. The van der Waals surface area contributed by atoms with E-state index >= 15 is 0 Å². The Labute approximate surface area is 117 Å². The van der Waals surface area contributed by atoms with E-state index in [2.05, 4.69) is 15.5 Å². The normalized spacial score (nSPS) is 11.5. The first-order valence-electron chi connectivity index (χ1n) is 6.03. The Morgan fingerprint density at radius 3 is 2.62 bits per heavy atom. The molecule has 0 aliphatic heterocycles. The Kier molecular flexibility index (Phi) is 3.97. The van der Waals surface area contributed by atoms with Gasteiger partial charge in [-0.05, 0) is 24.6 Å². The average molecular weight is 301 g/mol. The van der Waals surface area contributed by atoms with Gasteiger partial charge in [-0.25, -0.2) is 4.39 Å². The van der Waals surface area contributed by atoms with Crippen molar-refractivity contribution >= 4 is 11.7 Å². The highest BCUT2D eigenvalue weighted by Crippen LogP contribution is 2.32. The zero-order valence-corrected chi connectivity index (χ0v) is 10.9. The molecule has 1 amide bonds. The molecule has 0 saturated carbocycles. The summed E-state index contributed by atoms with van der Waals surface area (Å²) in [7, 11) is 0. The van der Waals surface area contributed by atoms with Crippen molar-refractivity contribution in [2.24, 2.45) is 0 Å². The third-order valence-electron chi connectivity index (χ3n) is 2.79. The largest absolute Gasteiger partial charge is 0.419 e. The fourth-order valence-electron chi connectivity index (χ4n) is 1.68. The van der Waals surface area contributed by atoms with E-state index in [1.807, 2.05) is 6.92 Å². The summed E-state index contributed by atoms with van der Waals surface area (Å²) in [4.78, 5) is 11.8. The number of carbonyl (C=O) groups excluding carboxylic acids is 1. The summed E-state index contributed by atoms with van der Waals surface area (Å²) in [6.45, 7) is 1.87. The molecule has 0 radical (unpaired) electrons. The smallest absolute Gasteiger partial charge is 0.305 e. The Bertz CT molecular complexity index is 664. The van der Waals surface area contributed by atoms with Crippen LogP contribution in [0.5, 0.6) is 0 Å². The minimum atomic E-state index is -4.86. The van der Waals surface area contributed by atoms with Crippen LogP contribution in [-0.4, -0.2) is 16.1 Å². The quantitative estimate of drug-likeness (QED) is 0.854. The monoisotopic (exact) mass is 301 g/mol. The number of hydrogen-bond acceptors (Lipinski definition) is 2. The van der Waals surface area contributed by atoms with Crippen LogP contribution in [0.1, 0.15) is 28.5 Å². The van der Waals surface area contributed by atoms with Crippen LogP contribution >= 0.6 is 0 Å². The molecule has 8 heteroatoms. The van der Waals surface area contributed by atoms with Gasteiger partial charge in [-0.3, -0.25) is 9.89 Å². The van der Waals surface area contributed by atoms with Crippen molar-refractivity contribution in [3.63, 3.8) is 0 Å². The van der Waals surface area contributed by atoms with Gasteiger partial charge in [0, 0.05) is 17.3 Å². The Morgan fingerprint density at radius 2 is 2.05 bits per heavy atom. The molecular weight excluding hydrogens is 290 g/mol. The minimum Gasteiger partial charge on any atom is -0.305 e. The standard InChI is InChI=1S/C13H11F4N3O/c1-2-8-6-11(20-19-8)18-12(21)7-3-4-10(14)9(5-7)13(15,16)17/h3-6H,2H2,1H3,(H2,18,19,20,21). The van der Waals surface area contributed by atoms with Gasteiger partial charge >= 0.3 is 6.18 Å². The summed E-state index contributed by atoms with van der Waals surface area (Å²) in [5.41, 5.74) is -1.02. The molecule has 1 heterocycles. The van der Waals surface area contributed by atoms with Crippen LogP contribution in [0.2, 0.25) is 0 Å². The Balaban J connectivity index is 2.23. The summed E-state index contributed by atoms with van der Waals surface area (Å²) >= 11 is 0. The molecule has 2 rings (SSSR count). The molecule has 0 aliphatic rings. The molecule has 4 nitrogen and oxygen atoms in total. The lowest BCUT2D eigenvalue weighted by Gasteiger charge is -2.09. The molecule has 0 aliphatic carbocycles. The van der Waals surface area contributed by atoms with Gasteiger partial charge in [-0.15, -0.1) is 0 Å². The topological polar surface area (TPSA) is 57.8 Å². The highest BCUT2D eigenvalue weighted by molar-refractivity contribution is 6.03. The van der Waals surface area contributed by atoms with Gasteiger partial charge in [-0.2, -0.15) is 18.3 Å². The lowest BCUT2D eigenvalue weighted by molar-refractivity contribution is -0.140. The van der Waals surface area contributed by atoms with E-state index in [9.17, 15) is 22.4 Å². The fourth-order valence-corrected chi connectivity index (χ4v) is 1.68. The molecule has 0 unspecified atom stereocenters. The SMILES string of the molecule is CCc1cc(NC(=O)c2ccc(F)c(C(F)(F)F)c2)n[nH]1. The highest BCUT2D eigenvalue weighted by Gasteiger charge is 2.34. The van der Waals surface area contributed by atoms with Crippen LogP contribution in [0.3, 0.4) is 0 Å². The molecule has 1 aromatic heterocycles. The maximum Gasteiger partial charge on any atom is 0.419 e. The van der Waals surface area contributed by atoms with E-state index in [0.717, 1.165) is 11.8 Å². The first-order chi connectivity index (χ1) is 9.81. The predicted octanol–water partition coefficient (Wildman–Crippen LogP) is 3.38. The number of alkyl halides is 3. The van der Waals surface area contributed by atoms with Crippen LogP contribution in [0.4, 0.5) is 23.4 Å². The number of benzene rings is 1. The number of H-pyrrole nitrogens is 1. The number of amides is 1. The van der Waals surface area contributed by atoms with Gasteiger partial charge in [0.15, 0.2) is 5.82 Å². The average Bonchev–Trinajstić information content (AvgIpc) is 2.85. The van der Waals surface area contributed by atoms with E-state index in [1.54, 1.807) is 6.07 Å². The lowest BCUT2D eigenvalue weighted by atomic mass is 10.1. The van der Waals surface area contributed by atoms with Crippen molar-refractivity contribution in [3.8, 4) is 0 Å².